The average molecular weight is 191 g/mol. The molecule has 1 aromatic rings. The Balaban J connectivity index is 3.09. The van der Waals surface area contributed by atoms with E-state index in [2.05, 4.69) is 4.98 Å². The first kappa shape index (κ1) is 9.50. The Morgan fingerprint density at radius 2 is 2.08 bits per heavy atom. The number of ketones is 1. The lowest BCUT2D eigenvalue weighted by Gasteiger charge is -2.02. The van der Waals surface area contributed by atoms with Crippen LogP contribution < -0.4 is 0 Å². The predicted molar refractivity (Wildman–Crippen MR) is 36.6 cm³/mol. The number of aldehydes is 1. The molecule has 1 N–H and O–H groups in total. The van der Waals surface area contributed by atoms with Gasteiger partial charge in [0.25, 0.3) is 5.78 Å². The number of rotatable bonds is 2. The highest BCUT2D eigenvalue weighted by Gasteiger charge is 2.40. The van der Waals surface area contributed by atoms with Gasteiger partial charge in [0.1, 0.15) is 0 Å². The third-order valence-electron chi connectivity index (χ3n) is 1.40. The molecular formula is C7H4F3NO2. The summed E-state index contributed by atoms with van der Waals surface area (Å²) >= 11 is 0. The van der Waals surface area contributed by atoms with Crippen molar-refractivity contribution in [3.63, 3.8) is 0 Å². The zero-order valence-electron chi connectivity index (χ0n) is 6.18. The number of aromatic nitrogens is 1. The summed E-state index contributed by atoms with van der Waals surface area (Å²) in [6, 6.07) is 0.916. The maximum absolute atomic E-state index is 11.8. The van der Waals surface area contributed by atoms with E-state index >= 15 is 0 Å². The number of aromatic amines is 1. The number of halogens is 3. The van der Waals surface area contributed by atoms with E-state index in [4.69, 9.17) is 0 Å². The van der Waals surface area contributed by atoms with Crippen LogP contribution in [0.4, 0.5) is 13.2 Å². The Bertz CT molecular complexity index is 340. The van der Waals surface area contributed by atoms with Crippen molar-refractivity contribution in [2.45, 2.75) is 6.18 Å². The molecule has 0 atom stereocenters. The van der Waals surface area contributed by atoms with Gasteiger partial charge in [0.2, 0.25) is 0 Å². The fraction of sp³-hybridized carbons (Fsp3) is 0.143. The van der Waals surface area contributed by atoms with Crippen LogP contribution in [0.1, 0.15) is 20.8 Å². The van der Waals surface area contributed by atoms with E-state index in [0.717, 1.165) is 12.3 Å². The molecule has 0 spiro atoms. The normalized spacial score (nSPS) is 11.3. The second-order valence-electron chi connectivity index (χ2n) is 2.25. The first-order valence-electron chi connectivity index (χ1n) is 3.21. The molecule has 0 radical (unpaired) electrons. The lowest BCUT2D eigenvalue weighted by Crippen LogP contribution is -2.23. The minimum Gasteiger partial charge on any atom is -0.358 e. The Morgan fingerprint density at radius 1 is 1.46 bits per heavy atom. The molecule has 0 saturated carbocycles. The maximum Gasteiger partial charge on any atom is 0.454 e. The van der Waals surface area contributed by atoms with Gasteiger partial charge in [0.05, 0.1) is 11.3 Å². The smallest absolute Gasteiger partial charge is 0.358 e. The summed E-state index contributed by atoms with van der Waals surface area (Å²) in [6.45, 7) is 0. The highest BCUT2D eigenvalue weighted by atomic mass is 19.4. The molecule has 3 nitrogen and oxygen atoms in total. The van der Waals surface area contributed by atoms with E-state index in [9.17, 15) is 22.8 Å². The van der Waals surface area contributed by atoms with E-state index in [-0.39, 0.29) is 12.0 Å². The Hall–Kier alpha value is -1.59. The fourth-order valence-corrected chi connectivity index (χ4v) is 0.831. The largest absolute Gasteiger partial charge is 0.454 e. The van der Waals surface area contributed by atoms with Crippen molar-refractivity contribution in [1.82, 2.24) is 4.98 Å². The van der Waals surface area contributed by atoms with Gasteiger partial charge in [-0.2, -0.15) is 13.2 Å². The molecule has 0 aliphatic rings. The third-order valence-corrected chi connectivity index (χ3v) is 1.40. The molecule has 0 bridgehead atoms. The monoisotopic (exact) mass is 191 g/mol. The predicted octanol–water partition coefficient (Wildman–Crippen LogP) is 1.57. The van der Waals surface area contributed by atoms with Gasteiger partial charge in [0.15, 0.2) is 6.29 Å². The quantitative estimate of drug-likeness (QED) is 0.569. The van der Waals surface area contributed by atoms with Crippen LogP contribution in [0.25, 0.3) is 0 Å². The SMILES string of the molecule is O=Cc1[nH]ccc1C(=O)C(F)(F)F. The van der Waals surface area contributed by atoms with E-state index in [1.165, 1.54) is 0 Å². The van der Waals surface area contributed by atoms with Crippen LogP contribution in [0.15, 0.2) is 12.3 Å². The number of hydrogen-bond acceptors (Lipinski definition) is 2. The number of alkyl halides is 3. The highest BCUT2D eigenvalue weighted by Crippen LogP contribution is 2.22. The summed E-state index contributed by atoms with van der Waals surface area (Å²) in [5.41, 5.74) is -1.01. The Morgan fingerprint density at radius 3 is 2.54 bits per heavy atom. The molecule has 0 fully saturated rings. The van der Waals surface area contributed by atoms with Crippen LogP contribution >= 0.6 is 0 Å². The van der Waals surface area contributed by atoms with Crippen LogP contribution in [-0.4, -0.2) is 23.2 Å². The summed E-state index contributed by atoms with van der Waals surface area (Å²) in [5, 5.41) is 0. The number of Topliss-reactive ketones (excluding diaryl/α,β-unsaturated/α-hetero) is 1. The van der Waals surface area contributed by atoms with Crippen LogP contribution in [0, 0.1) is 0 Å². The van der Waals surface area contributed by atoms with Crippen LogP contribution in [0.3, 0.4) is 0 Å². The summed E-state index contributed by atoms with van der Waals surface area (Å²) in [4.78, 5) is 23.0. The zero-order chi connectivity index (χ0) is 10.1. The van der Waals surface area contributed by atoms with E-state index < -0.39 is 17.5 Å². The zero-order valence-corrected chi connectivity index (χ0v) is 6.18. The molecule has 0 saturated heterocycles. The van der Waals surface area contributed by atoms with Gasteiger partial charge >= 0.3 is 6.18 Å². The van der Waals surface area contributed by atoms with Crippen molar-refractivity contribution in [2.75, 3.05) is 0 Å². The average Bonchev–Trinajstić information content (AvgIpc) is 2.48. The van der Waals surface area contributed by atoms with Crippen LogP contribution in [0.2, 0.25) is 0 Å². The van der Waals surface area contributed by atoms with E-state index in [0.29, 0.717) is 0 Å². The topological polar surface area (TPSA) is 49.9 Å². The van der Waals surface area contributed by atoms with Crippen molar-refractivity contribution >= 4 is 12.1 Å². The lowest BCUT2D eigenvalue weighted by atomic mass is 10.1. The molecule has 0 aromatic carbocycles. The molecule has 70 valence electrons. The van der Waals surface area contributed by atoms with Crippen LogP contribution in [-0.2, 0) is 0 Å². The molecule has 1 heterocycles. The van der Waals surface area contributed by atoms with E-state index in [1.807, 2.05) is 0 Å². The first-order chi connectivity index (χ1) is 5.96. The summed E-state index contributed by atoms with van der Waals surface area (Å²) in [7, 11) is 0. The Labute approximate surface area is 70.6 Å². The number of hydrogen-bond donors (Lipinski definition) is 1. The van der Waals surface area contributed by atoms with Crippen molar-refractivity contribution in [1.29, 1.82) is 0 Å². The maximum atomic E-state index is 11.8. The number of nitrogens with one attached hydrogen (secondary N) is 1. The second-order valence-corrected chi connectivity index (χ2v) is 2.25. The van der Waals surface area contributed by atoms with Crippen LogP contribution in [0.5, 0.6) is 0 Å². The Kier molecular flexibility index (Phi) is 2.22. The molecule has 13 heavy (non-hydrogen) atoms. The summed E-state index contributed by atoms with van der Waals surface area (Å²) in [6.07, 6.45) is -3.68. The molecule has 1 rings (SSSR count). The molecule has 6 heteroatoms. The minimum atomic E-state index is -4.94. The molecule has 0 amide bonds. The summed E-state index contributed by atoms with van der Waals surface area (Å²) in [5.74, 6) is -2.02. The van der Waals surface area contributed by atoms with Crippen molar-refractivity contribution in [3.05, 3.63) is 23.5 Å². The minimum absolute atomic E-state index is 0.166. The van der Waals surface area contributed by atoms with Gasteiger partial charge in [-0.25, -0.2) is 0 Å². The first-order valence-corrected chi connectivity index (χ1v) is 3.21. The van der Waals surface area contributed by atoms with Gasteiger partial charge < -0.3 is 4.98 Å². The van der Waals surface area contributed by atoms with Crippen molar-refractivity contribution in [3.8, 4) is 0 Å². The van der Waals surface area contributed by atoms with Gasteiger partial charge in [-0.3, -0.25) is 9.59 Å². The fourth-order valence-electron chi connectivity index (χ4n) is 0.831. The highest BCUT2D eigenvalue weighted by molar-refractivity contribution is 6.05. The lowest BCUT2D eigenvalue weighted by molar-refractivity contribution is -0.0885. The van der Waals surface area contributed by atoms with Crippen molar-refractivity contribution in [2.24, 2.45) is 0 Å². The number of carbonyl (C=O) groups excluding carboxylic acids is 2. The number of H-pyrrole nitrogens is 1. The van der Waals surface area contributed by atoms with Gasteiger partial charge in [0, 0.05) is 6.20 Å². The summed E-state index contributed by atoms with van der Waals surface area (Å²) < 4.78 is 35.5. The molecule has 0 aliphatic carbocycles. The molecule has 0 aliphatic heterocycles. The standard InChI is InChI=1S/C7H4F3NO2/c8-7(9,10)6(13)4-1-2-11-5(4)3-12/h1-3,11H. The molecule has 1 aromatic heterocycles. The van der Waals surface area contributed by atoms with E-state index in [1.54, 1.807) is 0 Å². The molecule has 0 unspecified atom stereocenters. The number of carbonyl (C=O) groups is 2. The third kappa shape index (κ3) is 1.77. The van der Waals surface area contributed by atoms with Crippen molar-refractivity contribution < 1.29 is 22.8 Å². The van der Waals surface area contributed by atoms with Gasteiger partial charge in [-0.1, -0.05) is 0 Å². The van der Waals surface area contributed by atoms with Gasteiger partial charge in [-0.05, 0) is 6.07 Å². The second kappa shape index (κ2) is 3.04. The molecular weight excluding hydrogens is 187 g/mol. The van der Waals surface area contributed by atoms with Gasteiger partial charge in [-0.15, -0.1) is 0 Å².